The quantitative estimate of drug-likeness (QED) is 0.886. The van der Waals surface area contributed by atoms with Crippen molar-refractivity contribution in [3.05, 3.63) is 54.2 Å². The highest BCUT2D eigenvalue weighted by Crippen LogP contribution is 2.26. The molecule has 1 fully saturated rings. The normalized spacial score (nSPS) is 19.5. The van der Waals surface area contributed by atoms with Crippen molar-refractivity contribution >= 4 is 17.4 Å². The summed E-state index contributed by atoms with van der Waals surface area (Å²) in [5, 5.41) is 3.17. The van der Waals surface area contributed by atoms with Gasteiger partial charge >= 0.3 is 0 Å². The summed E-state index contributed by atoms with van der Waals surface area (Å²) >= 11 is 0. The SMILES string of the molecule is O=C(NCCN1CCCc2ccccc21)[C@@H]1CCCN(c2ccccn2)C1. The van der Waals surface area contributed by atoms with E-state index in [4.69, 9.17) is 0 Å². The van der Waals surface area contributed by atoms with Gasteiger partial charge in [0.15, 0.2) is 0 Å². The van der Waals surface area contributed by atoms with E-state index >= 15 is 0 Å². The first kappa shape index (κ1) is 17.8. The molecule has 1 aromatic carbocycles. The second-order valence-corrected chi connectivity index (χ2v) is 7.48. The molecule has 2 aliphatic rings. The van der Waals surface area contributed by atoms with Crippen molar-refractivity contribution in [1.82, 2.24) is 10.3 Å². The molecule has 1 saturated heterocycles. The Morgan fingerprint density at radius 2 is 2.00 bits per heavy atom. The van der Waals surface area contributed by atoms with E-state index in [9.17, 15) is 4.79 Å². The van der Waals surface area contributed by atoms with Gasteiger partial charge in [-0.15, -0.1) is 0 Å². The Morgan fingerprint density at radius 3 is 2.89 bits per heavy atom. The highest BCUT2D eigenvalue weighted by molar-refractivity contribution is 5.79. The Labute approximate surface area is 161 Å². The van der Waals surface area contributed by atoms with E-state index in [0.717, 1.165) is 51.3 Å². The zero-order valence-corrected chi connectivity index (χ0v) is 15.8. The Hall–Kier alpha value is -2.56. The second kappa shape index (κ2) is 8.42. The number of carbonyl (C=O) groups excluding carboxylic acids is 1. The Balaban J connectivity index is 1.29. The number of aryl methyl sites for hydroxylation is 1. The molecule has 0 aliphatic carbocycles. The predicted octanol–water partition coefficient (Wildman–Crippen LogP) is 2.87. The van der Waals surface area contributed by atoms with Crippen LogP contribution in [0.4, 0.5) is 11.5 Å². The number of aromatic nitrogens is 1. The van der Waals surface area contributed by atoms with E-state index in [1.54, 1.807) is 0 Å². The van der Waals surface area contributed by atoms with Gasteiger partial charge in [0.1, 0.15) is 5.82 Å². The molecule has 3 heterocycles. The highest BCUT2D eigenvalue weighted by Gasteiger charge is 2.26. The number of benzene rings is 1. The lowest BCUT2D eigenvalue weighted by molar-refractivity contribution is -0.125. The number of fused-ring (bicyclic) bond motifs is 1. The number of amides is 1. The molecule has 5 heteroatoms. The first-order valence-electron chi connectivity index (χ1n) is 10.1. The number of nitrogens with one attached hydrogen (secondary N) is 1. The van der Waals surface area contributed by atoms with Crippen LogP contribution in [0.5, 0.6) is 0 Å². The summed E-state index contributed by atoms with van der Waals surface area (Å²) in [5.74, 6) is 1.20. The first-order valence-corrected chi connectivity index (χ1v) is 10.1. The van der Waals surface area contributed by atoms with Crippen molar-refractivity contribution in [3.8, 4) is 0 Å². The standard InChI is InChI=1S/C22H28N4O/c27-22(19-9-6-15-26(17-19)21-11-3-4-12-23-21)24-13-16-25-14-5-8-18-7-1-2-10-20(18)25/h1-4,7,10-12,19H,5-6,8-9,13-17H2,(H,24,27)/t19-/m1/s1. The lowest BCUT2D eigenvalue weighted by Gasteiger charge is -2.33. The first-order chi connectivity index (χ1) is 13.3. The maximum atomic E-state index is 12.7. The fourth-order valence-electron chi connectivity index (χ4n) is 4.24. The molecule has 27 heavy (non-hydrogen) atoms. The molecule has 1 N–H and O–H groups in total. The third kappa shape index (κ3) is 4.24. The molecule has 0 saturated carbocycles. The van der Waals surface area contributed by atoms with Crippen molar-refractivity contribution in [1.29, 1.82) is 0 Å². The molecule has 0 bridgehead atoms. The Morgan fingerprint density at radius 1 is 1.11 bits per heavy atom. The van der Waals surface area contributed by atoms with Crippen molar-refractivity contribution in [2.75, 3.05) is 42.5 Å². The maximum absolute atomic E-state index is 12.7. The topological polar surface area (TPSA) is 48.5 Å². The van der Waals surface area contributed by atoms with E-state index in [0.29, 0.717) is 6.54 Å². The predicted molar refractivity (Wildman–Crippen MR) is 109 cm³/mol. The van der Waals surface area contributed by atoms with Crippen LogP contribution in [0, 0.1) is 5.92 Å². The largest absolute Gasteiger partial charge is 0.370 e. The van der Waals surface area contributed by atoms with Crippen LogP contribution in [-0.2, 0) is 11.2 Å². The summed E-state index contributed by atoms with van der Waals surface area (Å²) < 4.78 is 0. The Bertz CT molecular complexity index is 764. The number of rotatable bonds is 5. The lowest BCUT2D eigenvalue weighted by Crippen LogP contribution is -2.45. The van der Waals surface area contributed by atoms with Crippen LogP contribution in [-0.4, -0.2) is 43.6 Å². The molecular formula is C22H28N4O. The zero-order valence-electron chi connectivity index (χ0n) is 15.8. The average Bonchev–Trinajstić information content (AvgIpc) is 2.74. The van der Waals surface area contributed by atoms with Crippen LogP contribution < -0.4 is 15.1 Å². The van der Waals surface area contributed by atoms with Crippen LogP contribution in [0.3, 0.4) is 0 Å². The van der Waals surface area contributed by atoms with Crippen LogP contribution in [0.25, 0.3) is 0 Å². The molecular weight excluding hydrogens is 336 g/mol. The minimum absolute atomic E-state index is 0.0504. The van der Waals surface area contributed by atoms with E-state index in [2.05, 4.69) is 44.4 Å². The maximum Gasteiger partial charge on any atom is 0.224 e. The monoisotopic (exact) mass is 364 g/mol. The Kier molecular flexibility index (Phi) is 5.56. The van der Waals surface area contributed by atoms with Gasteiger partial charge in [-0.1, -0.05) is 24.3 Å². The van der Waals surface area contributed by atoms with E-state index < -0.39 is 0 Å². The summed E-state index contributed by atoms with van der Waals surface area (Å²) in [4.78, 5) is 21.7. The molecule has 0 unspecified atom stereocenters. The van der Waals surface area contributed by atoms with Crippen molar-refractivity contribution < 1.29 is 4.79 Å². The summed E-state index contributed by atoms with van der Waals surface area (Å²) in [6, 6.07) is 14.6. The number of nitrogens with zero attached hydrogens (tertiary/aromatic N) is 3. The van der Waals surface area contributed by atoms with E-state index in [-0.39, 0.29) is 11.8 Å². The highest BCUT2D eigenvalue weighted by atomic mass is 16.1. The van der Waals surface area contributed by atoms with Gasteiger partial charge in [0.05, 0.1) is 5.92 Å². The number of carbonyl (C=O) groups is 1. The second-order valence-electron chi connectivity index (χ2n) is 7.48. The van der Waals surface area contributed by atoms with E-state index in [1.807, 2.05) is 24.4 Å². The molecule has 1 amide bonds. The average molecular weight is 364 g/mol. The molecule has 5 nitrogen and oxygen atoms in total. The van der Waals surface area contributed by atoms with Crippen LogP contribution in [0.1, 0.15) is 24.8 Å². The van der Waals surface area contributed by atoms with Gasteiger partial charge in [-0.25, -0.2) is 4.98 Å². The molecule has 1 aromatic heterocycles. The summed E-state index contributed by atoms with van der Waals surface area (Å²) in [6.45, 7) is 4.39. The summed E-state index contributed by atoms with van der Waals surface area (Å²) in [5.41, 5.74) is 2.75. The third-order valence-corrected chi connectivity index (χ3v) is 5.65. The summed E-state index contributed by atoms with van der Waals surface area (Å²) in [6.07, 6.45) is 6.16. The molecule has 142 valence electrons. The molecule has 2 aliphatic heterocycles. The van der Waals surface area contributed by atoms with Gasteiger partial charge in [0.2, 0.25) is 5.91 Å². The minimum Gasteiger partial charge on any atom is -0.370 e. The van der Waals surface area contributed by atoms with Crippen molar-refractivity contribution in [2.45, 2.75) is 25.7 Å². The number of anilines is 2. The molecule has 2 aromatic rings. The number of pyridine rings is 1. The molecule has 4 rings (SSSR count). The van der Waals surface area contributed by atoms with E-state index in [1.165, 1.54) is 17.7 Å². The zero-order chi connectivity index (χ0) is 18.5. The summed E-state index contributed by atoms with van der Waals surface area (Å²) in [7, 11) is 0. The minimum atomic E-state index is 0.0504. The number of piperidine rings is 1. The fourth-order valence-corrected chi connectivity index (χ4v) is 4.24. The van der Waals surface area contributed by atoms with Crippen LogP contribution in [0.15, 0.2) is 48.7 Å². The van der Waals surface area contributed by atoms with Crippen molar-refractivity contribution in [3.63, 3.8) is 0 Å². The molecule has 0 radical (unpaired) electrons. The number of para-hydroxylation sites is 1. The van der Waals surface area contributed by atoms with Crippen LogP contribution >= 0.6 is 0 Å². The van der Waals surface area contributed by atoms with Gasteiger partial charge in [-0.2, -0.15) is 0 Å². The van der Waals surface area contributed by atoms with Gasteiger partial charge in [-0.3, -0.25) is 4.79 Å². The third-order valence-electron chi connectivity index (χ3n) is 5.65. The molecule has 1 atom stereocenters. The smallest absolute Gasteiger partial charge is 0.224 e. The lowest BCUT2D eigenvalue weighted by atomic mass is 9.97. The number of hydrogen-bond acceptors (Lipinski definition) is 4. The fraction of sp³-hybridized carbons (Fsp3) is 0.455. The van der Waals surface area contributed by atoms with Gasteiger partial charge in [-0.05, 0) is 49.4 Å². The van der Waals surface area contributed by atoms with Gasteiger partial charge in [0, 0.05) is 44.6 Å². The van der Waals surface area contributed by atoms with Gasteiger partial charge < -0.3 is 15.1 Å². The van der Waals surface area contributed by atoms with Crippen molar-refractivity contribution in [2.24, 2.45) is 5.92 Å². The van der Waals surface area contributed by atoms with Gasteiger partial charge in [0.25, 0.3) is 0 Å². The molecule has 0 spiro atoms. The number of hydrogen-bond donors (Lipinski definition) is 1. The van der Waals surface area contributed by atoms with Crippen LogP contribution in [0.2, 0.25) is 0 Å².